The SMILES string of the molecule is CC(C)(CSc1cnc(NC(=O)N(CCCOc2ccccc2Cl)C2CCCCC2)s1)C(=O)O. The van der Waals surface area contributed by atoms with E-state index in [4.69, 9.17) is 16.3 Å². The van der Waals surface area contributed by atoms with Crippen LogP contribution in [0.5, 0.6) is 5.75 Å². The Hall–Kier alpha value is -1.97. The number of carbonyl (C=O) groups is 2. The fourth-order valence-corrected chi connectivity index (χ4v) is 5.81. The number of carboxylic acid groups (broad SMARTS) is 1. The van der Waals surface area contributed by atoms with E-state index in [2.05, 4.69) is 10.3 Å². The number of amides is 2. The molecule has 1 aromatic carbocycles. The highest BCUT2D eigenvalue weighted by Crippen LogP contribution is 2.33. The van der Waals surface area contributed by atoms with Crippen LogP contribution in [0.1, 0.15) is 52.4 Å². The summed E-state index contributed by atoms with van der Waals surface area (Å²) in [6.07, 6.45) is 7.85. The summed E-state index contributed by atoms with van der Waals surface area (Å²) in [4.78, 5) is 30.7. The predicted molar refractivity (Wildman–Crippen MR) is 138 cm³/mol. The molecule has 1 saturated carbocycles. The van der Waals surface area contributed by atoms with Crippen LogP contribution in [0.4, 0.5) is 9.93 Å². The third kappa shape index (κ3) is 7.78. The number of thioether (sulfide) groups is 1. The lowest BCUT2D eigenvalue weighted by Crippen LogP contribution is -2.44. The Balaban J connectivity index is 1.55. The van der Waals surface area contributed by atoms with Gasteiger partial charge in [-0.1, -0.05) is 54.3 Å². The Morgan fingerprint density at radius 2 is 2.03 bits per heavy atom. The number of halogens is 1. The molecule has 3 rings (SSSR count). The molecule has 1 fully saturated rings. The second-order valence-electron chi connectivity index (χ2n) is 9.01. The number of aliphatic carboxylic acids is 1. The lowest BCUT2D eigenvalue weighted by atomic mass is 9.94. The van der Waals surface area contributed by atoms with Crippen LogP contribution in [0.2, 0.25) is 5.02 Å². The molecule has 186 valence electrons. The number of rotatable bonds is 11. The first-order valence-corrected chi connectivity index (χ1v) is 13.7. The van der Waals surface area contributed by atoms with E-state index in [1.165, 1.54) is 29.5 Å². The fraction of sp³-hybridized carbons (Fsp3) is 0.542. The van der Waals surface area contributed by atoms with Crippen LogP contribution >= 0.6 is 34.7 Å². The lowest BCUT2D eigenvalue weighted by molar-refractivity contribution is -0.145. The average Bonchev–Trinajstić information content (AvgIpc) is 3.26. The predicted octanol–water partition coefficient (Wildman–Crippen LogP) is 6.64. The fourth-order valence-electron chi connectivity index (χ4n) is 3.68. The summed E-state index contributed by atoms with van der Waals surface area (Å²) in [5.74, 6) is 0.244. The van der Waals surface area contributed by atoms with E-state index < -0.39 is 11.4 Å². The third-order valence-corrected chi connectivity index (χ3v) is 8.65. The van der Waals surface area contributed by atoms with Gasteiger partial charge in [0, 0.05) is 18.3 Å². The molecule has 7 nitrogen and oxygen atoms in total. The largest absolute Gasteiger partial charge is 0.492 e. The van der Waals surface area contributed by atoms with Crippen LogP contribution in [0.3, 0.4) is 0 Å². The molecule has 1 aliphatic rings. The van der Waals surface area contributed by atoms with Crippen molar-refractivity contribution in [1.29, 1.82) is 0 Å². The highest BCUT2D eigenvalue weighted by molar-refractivity contribution is 8.01. The van der Waals surface area contributed by atoms with Crippen molar-refractivity contribution in [3.63, 3.8) is 0 Å². The van der Waals surface area contributed by atoms with E-state index >= 15 is 0 Å². The quantitative estimate of drug-likeness (QED) is 0.252. The highest BCUT2D eigenvalue weighted by Gasteiger charge is 2.28. The second-order valence-corrected chi connectivity index (χ2v) is 11.7. The van der Waals surface area contributed by atoms with Gasteiger partial charge < -0.3 is 14.7 Å². The number of carboxylic acids is 1. The zero-order valence-electron chi connectivity index (χ0n) is 19.6. The number of aromatic nitrogens is 1. The minimum absolute atomic E-state index is 0.151. The van der Waals surface area contributed by atoms with Crippen LogP contribution < -0.4 is 10.1 Å². The number of ether oxygens (including phenoxy) is 1. The molecular formula is C24H32ClN3O4S2. The Morgan fingerprint density at radius 3 is 2.74 bits per heavy atom. The topological polar surface area (TPSA) is 91.8 Å². The van der Waals surface area contributed by atoms with E-state index in [0.717, 1.165) is 29.9 Å². The van der Waals surface area contributed by atoms with Gasteiger partial charge in [0.2, 0.25) is 0 Å². The van der Waals surface area contributed by atoms with Crippen molar-refractivity contribution in [3.05, 3.63) is 35.5 Å². The monoisotopic (exact) mass is 525 g/mol. The number of urea groups is 1. The molecule has 1 heterocycles. The van der Waals surface area contributed by atoms with Crippen molar-refractivity contribution in [2.45, 2.75) is 62.6 Å². The Labute approximate surface area is 214 Å². The maximum atomic E-state index is 13.2. The normalized spacial score (nSPS) is 14.6. The molecule has 0 saturated heterocycles. The average molecular weight is 526 g/mol. The second kappa shape index (κ2) is 12.7. The first-order valence-electron chi connectivity index (χ1n) is 11.5. The van der Waals surface area contributed by atoms with Gasteiger partial charge in [0.25, 0.3) is 0 Å². The van der Waals surface area contributed by atoms with Gasteiger partial charge in [0.15, 0.2) is 5.13 Å². The van der Waals surface area contributed by atoms with Crippen molar-refractivity contribution < 1.29 is 19.4 Å². The van der Waals surface area contributed by atoms with Gasteiger partial charge in [-0.25, -0.2) is 9.78 Å². The van der Waals surface area contributed by atoms with Crippen molar-refractivity contribution in [1.82, 2.24) is 9.88 Å². The summed E-state index contributed by atoms with van der Waals surface area (Å²) in [5, 5.41) is 13.3. The Kier molecular flexibility index (Phi) is 9.91. The van der Waals surface area contributed by atoms with Gasteiger partial charge >= 0.3 is 12.0 Å². The van der Waals surface area contributed by atoms with E-state index in [-0.39, 0.29) is 12.1 Å². The number of anilines is 1. The molecule has 0 atom stereocenters. The van der Waals surface area contributed by atoms with Gasteiger partial charge in [-0.15, -0.1) is 11.8 Å². The number of para-hydroxylation sites is 1. The molecule has 10 heteroatoms. The molecule has 34 heavy (non-hydrogen) atoms. The molecule has 1 aromatic heterocycles. The van der Waals surface area contributed by atoms with E-state index in [9.17, 15) is 14.7 Å². The lowest BCUT2D eigenvalue weighted by Gasteiger charge is -2.34. The van der Waals surface area contributed by atoms with Crippen LogP contribution in [0.15, 0.2) is 34.7 Å². The number of benzene rings is 1. The van der Waals surface area contributed by atoms with Crippen LogP contribution in [0.25, 0.3) is 0 Å². The van der Waals surface area contributed by atoms with Crippen molar-refractivity contribution in [3.8, 4) is 5.75 Å². The number of nitrogens with zero attached hydrogens (tertiary/aromatic N) is 2. The minimum Gasteiger partial charge on any atom is -0.492 e. The summed E-state index contributed by atoms with van der Waals surface area (Å²) in [6.45, 7) is 4.45. The number of hydrogen-bond donors (Lipinski definition) is 2. The number of nitrogens with one attached hydrogen (secondary N) is 1. The summed E-state index contributed by atoms with van der Waals surface area (Å²) in [5.41, 5.74) is -0.831. The molecule has 2 amide bonds. The first kappa shape index (κ1) is 26.6. The van der Waals surface area contributed by atoms with Crippen LogP contribution in [-0.4, -0.2) is 51.9 Å². The summed E-state index contributed by atoms with van der Waals surface area (Å²) in [7, 11) is 0. The summed E-state index contributed by atoms with van der Waals surface area (Å²) < 4.78 is 6.68. The van der Waals surface area contributed by atoms with Gasteiger partial charge in [0.1, 0.15) is 5.75 Å². The molecule has 0 radical (unpaired) electrons. The van der Waals surface area contributed by atoms with Crippen LogP contribution in [0, 0.1) is 5.41 Å². The Bertz CT molecular complexity index is 963. The van der Waals surface area contributed by atoms with E-state index in [1.54, 1.807) is 26.1 Å². The molecule has 2 N–H and O–H groups in total. The van der Waals surface area contributed by atoms with Crippen molar-refractivity contribution in [2.75, 3.05) is 24.2 Å². The highest BCUT2D eigenvalue weighted by atomic mass is 35.5. The van der Waals surface area contributed by atoms with Crippen LogP contribution in [-0.2, 0) is 4.79 Å². The molecule has 0 aliphatic heterocycles. The van der Waals surface area contributed by atoms with Gasteiger partial charge in [0.05, 0.1) is 27.5 Å². The van der Waals surface area contributed by atoms with Gasteiger partial charge in [-0.3, -0.25) is 10.1 Å². The number of hydrogen-bond acceptors (Lipinski definition) is 6. The van der Waals surface area contributed by atoms with Crippen molar-refractivity contribution in [2.24, 2.45) is 5.41 Å². The molecular weight excluding hydrogens is 494 g/mol. The maximum Gasteiger partial charge on any atom is 0.323 e. The molecule has 0 bridgehead atoms. The molecule has 0 spiro atoms. The van der Waals surface area contributed by atoms with Crippen molar-refractivity contribution >= 4 is 51.8 Å². The third-order valence-electron chi connectivity index (χ3n) is 5.77. The zero-order valence-corrected chi connectivity index (χ0v) is 22.0. The molecule has 2 aromatic rings. The maximum absolute atomic E-state index is 13.2. The van der Waals surface area contributed by atoms with E-state index in [1.807, 2.05) is 23.1 Å². The number of thiazole rings is 1. The minimum atomic E-state index is -0.834. The summed E-state index contributed by atoms with van der Waals surface area (Å²) >= 11 is 8.96. The molecule has 0 unspecified atom stereocenters. The number of carbonyl (C=O) groups excluding carboxylic acids is 1. The standard InChI is InChI=1S/C24H32ClN3O4S2/c1-24(2,21(29)30)16-33-20-15-26-22(34-20)27-23(31)28(17-9-4-3-5-10-17)13-8-14-32-19-12-7-6-11-18(19)25/h6-7,11-12,15,17H,3-5,8-10,13-14,16H2,1-2H3,(H,29,30)(H,26,27,31). The van der Waals surface area contributed by atoms with Gasteiger partial charge in [-0.2, -0.15) is 0 Å². The smallest absolute Gasteiger partial charge is 0.323 e. The zero-order chi connectivity index (χ0) is 24.6. The Morgan fingerprint density at radius 1 is 1.29 bits per heavy atom. The van der Waals surface area contributed by atoms with Gasteiger partial charge in [-0.05, 0) is 45.2 Å². The van der Waals surface area contributed by atoms with E-state index in [0.29, 0.717) is 41.2 Å². The first-order chi connectivity index (χ1) is 16.3. The molecule has 1 aliphatic carbocycles. The summed E-state index contributed by atoms with van der Waals surface area (Å²) in [6, 6.07) is 7.43.